The molecule has 1 N–H and O–H groups in total. The van der Waals surface area contributed by atoms with E-state index in [-0.39, 0.29) is 17.5 Å². The van der Waals surface area contributed by atoms with E-state index in [0.29, 0.717) is 24.5 Å². The summed E-state index contributed by atoms with van der Waals surface area (Å²) in [5.74, 6) is 0.0452. The largest absolute Gasteiger partial charge is 0.443 e. The lowest BCUT2D eigenvalue weighted by Gasteiger charge is -2.33. The van der Waals surface area contributed by atoms with Crippen LogP contribution < -0.4 is 10.2 Å². The van der Waals surface area contributed by atoms with Crippen LogP contribution in [0.3, 0.4) is 0 Å². The Morgan fingerprint density at radius 2 is 2.03 bits per heavy atom. The topological polar surface area (TPSA) is 71.3 Å². The molecule has 3 aromatic rings. The molecule has 0 unspecified atom stereocenters. The van der Waals surface area contributed by atoms with Crippen LogP contribution in [0.2, 0.25) is 0 Å². The summed E-state index contributed by atoms with van der Waals surface area (Å²) in [6.07, 6.45) is 1.48. The molecule has 0 radical (unpaired) electrons. The number of carbonyl (C=O) groups is 1. The normalized spacial score (nSPS) is 17.0. The summed E-state index contributed by atoms with van der Waals surface area (Å²) in [6, 6.07) is 3.11. The quantitative estimate of drug-likeness (QED) is 0.711. The Morgan fingerprint density at radius 1 is 1.24 bits per heavy atom. The van der Waals surface area contributed by atoms with Crippen LogP contribution in [0.4, 0.5) is 20.3 Å². The first kappa shape index (κ1) is 19.3. The molecule has 0 aliphatic carbocycles. The number of furan rings is 1. The fourth-order valence-electron chi connectivity index (χ4n) is 3.77. The smallest absolute Gasteiger partial charge is 0.231 e. The van der Waals surface area contributed by atoms with Crippen molar-refractivity contribution in [3.8, 4) is 0 Å². The molecule has 3 heterocycles. The minimum atomic E-state index is -0.788. The Morgan fingerprint density at radius 3 is 2.79 bits per heavy atom. The van der Waals surface area contributed by atoms with Crippen LogP contribution in [0.25, 0.3) is 11.1 Å². The molecular formula is C21H22F2N4O2. The molecule has 6 nitrogen and oxygen atoms in total. The monoisotopic (exact) mass is 400 g/mol. The second-order valence-corrected chi connectivity index (χ2v) is 7.46. The summed E-state index contributed by atoms with van der Waals surface area (Å²) in [4.78, 5) is 23.8. The van der Waals surface area contributed by atoms with E-state index in [9.17, 15) is 13.6 Å². The molecule has 1 amide bonds. The van der Waals surface area contributed by atoms with E-state index in [2.05, 4.69) is 20.2 Å². The van der Waals surface area contributed by atoms with Crippen LogP contribution in [0.1, 0.15) is 30.0 Å². The Bertz CT molecular complexity index is 1100. The lowest BCUT2D eigenvalue weighted by atomic mass is 9.96. The van der Waals surface area contributed by atoms with Gasteiger partial charge in [-0.25, -0.2) is 13.8 Å². The summed E-state index contributed by atoms with van der Waals surface area (Å²) in [5.41, 5.74) is 1.51. The second-order valence-electron chi connectivity index (χ2n) is 7.46. The van der Waals surface area contributed by atoms with Gasteiger partial charge in [-0.2, -0.15) is 4.98 Å². The van der Waals surface area contributed by atoms with Crippen LogP contribution in [-0.4, -0.2) is 29.0 Å². The number of hydrogen-bond donors (Lipinski definition) is 1. The van der Waals surface area contributed by atoms with E-state index in [1.54, 1.807) is 0 Å². The van der Waals surface area contributed by atoms with Crippen molar-refractivity contribution in [3.05, 3.63) is 47.0 Å². The first-order valence-electron chi connectivity index (χ1n) is 9.58. The summed E-state index contributed by atoms with van der Waals surface area (Å²) < 4.78 is 32.7. The molecule has 1 fully saturated rings. The third-order valence-corrected chi connectivity index (χ3v) is 5.40. The highest BCUT2D eigenvalue weighted by Crippen LogP contribution is 2.33. The highest BCUT2D eigenvalue weighted by atomic mass is 19.1. The first-order chi connectivity index (χ1) is 13.8. The molecule has 1 saturated heterocycles. The van der Waals surface area contributed by atoms with Crippen LogP contribution in [0, 0.1) is 38.3 Å². The van der Waals surface area contributed by atoms with Crippen LogP contribution in [-0.2, 0) is 4.79 Å². The molecule has 1 aromatic carbocycles. The predicted octanol–water partition coefficient (Wildman–Crippen LogP) is 4.28. The van der Waals surface area contributed by atoms with Gasteiger partial charge in [0.2, 0.25) is 11.6 Å². The summed E-state index contributed by atoms with van der Waals surface area (Å²) in [7, 11) is 0. The van der Waals surface area contributed by atoms with Crippen molar-refractivity contribution in [1.82, 2.24) is 9.97 Å². The number of halogens is 2. The van der Waals surface area contributed by atoms with Crippen molar-refractivity contribution in [3.63, 3.8) is 0 Å². The third-order valence-electron chi connectivity index (χ3n) is 5.40. The van der Waals surface area contributed by atoms with Crippen LogP contribution in [0.5, 0.6) is 0 Å². The van der Waals surface area contributed by atoms with Crippen LogP contribution >= 0.6 is 0 Å². The fraction of sp³-hybridized carbons (Fsp3) is 0.381. The van der Waals surface area contributed by atoms with Gasteiger partial charge in [-0.05, 0) is 45.7 Å². The molecule has 29 heavy (non-hydrogen) atoms. The van der Waals surface area contributed by atoms with E-state index in [4.69, 9.17) is 4.42 Å². The first-order valence-corrected chi connectivity index (χ1v) is 9.58. The van der Waals surface area contributed by atoms with E-state index in [0.717, 1.165) is 47.6 Å². The van der Waals surface area contributed by atoms with Gasteiger partial charge in [-0.15, -0.1) is 0 Å². The van der Waals surface area contributed by atoms with Gasteiger partial charge in [0, 0.05) is 24.7 Å². The molecule has 0 spiro atoms. The molecule has 8 heteroatoms. The third kappa shape index (κ3) is 3.66. The molecule has 152 valence electrons. The number of fused-ring (bicyclic) bond motifs is 1. The lowest BCUT2D eigenvalue weighted by Crippen LogP contribution is -2.41. The van der Waals surface area contributed by atoms with Crippen molar-refractivity contribution in [2.24, 2.45) is 5.92 Å². The number of benzene rings is 1. The number of aromatic nitrogens is 2. The van der Waals surface area contributed by atoms with Gasteiger partial charge in [0.25, 0.3) is 0 Å². The number of nitrogens with one attached hydrogen (secondary N) is 1. The Labute approximate surface area is 166 Å². The zero-order valence-corrected chi connectivity index (χ0v) is 16.6. The molecule has 0 bridgehead atoms. The minimum absolute atomic E-state index is 0.0184. The van der Waals surface area contributed by atoms with Gasteiger partial charge in [0.1, 0.15) is 29.0 Å². The summed E-state index contributed by atoms with van der Waals surface area (Å²) >= 11 is 0. The van der Waals surface area contributed by atoms with Crippen molar-refractivity contribution in [1.29, 1.82) is 0 Å². The molecule has 1 aliphatic heterocycles. The van der Waals surface area contributed by atoms with Gasteiger partial charge in [-0.1, -0.05) is 0 Å². The standard InChI is InChI=1S/C21H22F2N4O2/c1-11-12(2)29-21-18(11)19(24-13(3)25-21)27-8-4-5-14(10-27)20(28)26-17-7-6-15(22)9-16(17)23/h6-7,9,14H,4-5,8,10H2,1-3H3,(H,26,28)/t14-/m1/s1. The molecule has 1 atom stereocenters. The molecular weight excluding hydrogens is 378 g/mol. The Balaban J connectivity index is 1.59. The van der Waals surface area contributed by atoms with Gasteiger partial charge in [0.15, 0.2) is 0 Å². The summed E-state index contributed by atoms with van der Waals surface area (Å²) in [5, 5.41) is 3.44. The van der Waals surface area contributed by atoms with Crippen molar-refractivity contribution in [2.45, 2.75) is 33.6 Å². The van der Waals surface area contributed by atoms with E-state index < -0.39 is 11.6 Å². The van der Waals surface area contributed by atoms with Crippen molar-refractivity contribution in [2.75, 3.05) is 23.3 Å². The maximum absolute atomic E-state index is 13.9. The highest BCUT2D eigenvalue weighted by Gasteiger charge is 2.29. The Hall–Kier alpha value is -3.03. The van der Waals surface area contributed by atoms with Crippen molar-refractivity contribution < 1.29 is 18.0 Å². The number of nitrogens with zero attached hydrogens (tertiary/aromatic N) is 3. The number of aryl methyl sites for hydroxylation is 3. The maximum Gasteiger partial charge on any atom is 0.231 e. The number of amides is 1. The molecule has 2 aromatic heterocycles. The lowest BCUT2D eigenvalue weighted by molar-refractivity contribution is -0.120. The number of hydrogen-bond acceptors (Lipinski definition) is 5. The SMILES string of the molecule is Cc1nc(N2CCC[C@@H](C(=O)Nc3ccc(F)cc3F)C2)c2c(C)c(C)oc2n1. The van der Waals surface area contributed by atoms with E-state index in [1.165, 1.54) is 6.07 Å². The number of rotatable bonds is 3. The zero-order chi connectivity index (χ0) is 20.7. The van der Waals surface area contributed by atoms with Gasteiger partial charge >= 0.3 is 0 Å². The van der Waals surface area contributed by atoms with Gasteiger partial charge in [0.05, 0.1) is 17.0 Å². The van der Waals surface area contributed by atoms with Gasteiger partial charge < -0.3 is 14.6 Å². The number of anilines is 2. The zero-order valence-electron chi connectivity index (χ0n) is 16.6. The minimum Gasteiger partial charge on any atom is -0.443 e. The average Bonchev–Trinajstić information content (AvgIpc) is 2.97. The van der Waals surface area contributed by atoms with Crippen LogP contribution in [0.15, 0.2) is 22.6 Å². The number of carbonyl (C=O) groups excluding carboxylic acids is 1. The van der Waals surface area contributed by atoms with E-state index >= 15 is 0 Å². The fourth-order valence-corrected chi connectivity index (χ4v) is 3.77. The molecule has 1 aliphatic rings. The second kappa shape index (κ2) is 7.42. The maximum atomic E-state index is 13.9. The predicted molar refractivity (Wildman–Crippen MR) is 106 cm³/mol. The van der Waals surface area contributed by atoms with Gasteiger partial charge in [-0.3, -0.25) is 4.79 Å². The molecule has 0 saturated carbocycles. The number of piperidine rings is 1. The Kier molecular flexibility index (Phi) is 4.94. The summed E-state index contributed by atoms with van der Waals surface area (Å²) in [6.45, 7) is 6.87. The molecule has 4 rings (SSSR count). The average molecular weight is 400 g/mol. The van der Waals surface area contributed by atoms with E-state index in [1.807, 2.05) is 20.8 Å². The van der Waals surface area contributed by atoms with Crippen molar-refractivity contribution >= 4 is 28.5 Å². The highest BCUT2D eigenvalue weighted by molar-refractivity contribution is 5.94.